The van der Waals surface area contributed by atoms with Crippen molar-refractivity contribution < 1.29 is 9.13 Å². The second-order valence-electron chi connectivity index (χ2n) is 3.75. The summed E-state index contributed by atoms with van der Waals surface area (Å²) in [5.74, 6) is -0.371. The molecule has 0 spiro atoms. The van der Waals surface area contributed by atoms with E-state index in [1.807, 2.05) is 30.3 Å². The third-order valence-corrected chi connectivity index (χ3v) is 2.54. The van der Waals surface area contributed by atoms with Crippen molar-refractivity contribution >= 4 is 11.9 Å². The number of halogens is 1. The Labute approximate surface area is 99.2 Å². The first kappa shape index (κ1) is 11.3. The molecule has 2 nitrogen and oxygen atoms in total. The van der Waals surface area contributed by atoms with E-state index < -0.39 is 0 Å². The van der Waals surface area contributed by atoms with Crippen molar-refractivity contribution in [2.24, 2.45) is 0 Å². The van der Waals surface area contributed by atoms with Crippen LogP contribution in [0.4, 0.5) is 10.1 Å². The molecule has 2 aromatic rings. The van der Waals surface area contributed by atoms with Gasteiger partial charge in [0.05, 0.1) is 5.56 Å². The first-order chi connectivity index (χ1) is 8.18. The maximum Gasteiger partial charge on any atom is 0.222 e. The average molecular weight is 229 g/mol. The van der Waals surface area contributed by atoms with Crippen LogP contribution in [0.2, 0.25) is 0 Å². The number of hydrogen-bond donors (Lipinski definition) is 0. The highest BCUT2D eigenvalue weighted by Gasteiger charge is 2.09. The van der Waals surface area contributed by atoms with Crippen LogP contribution in [0.15, 0.2) is 48.5 Å². The summed E-state index contributed by atoms with van der Waals surface area (Å²) in [4.78, 5) is 0. The SMILES string of the molecule is Cc1c(F)cccc1[N+]([O-])=Cc1ccccc1. The zero-order valence-electron chi connectivity index (χ0n) is 9.43. The lowest BCUT2D eigenvalue weighted by Crippen LogP contribution is -2.01. The molecule has 0 saturated carbocycles. The number of nitrogens with zero attached hydrogens (tertiary/aromatic N) is 1. The number of benzene rings is 2. The van der Waals surface area contributed by atoms with E-state index in [1.54, 1.807) is 13.0 Å². The molecule has 0 amide bonds. The maximum absolute atomic E-state index is 13.3. The van der Waals surface area contributed by atoms with Crippen LogP contribution in [0, 0.1) is 17.9 Å². The summed E-state index contributed by atoms with van der Waals surface area (Å²) in [6.45, 7) is 1.59. The van der Waals surface area contributed by atoms with E-state index in [9.17, 15) is 9.60 Å². The van der Waals surface area contributed by atoms with Crippen molar-refractivity contribution in [3.05, 3.63) is 70.7 Å². The normalized spacial score (nSPS) is 11.5. The highest BCUT2D eigenvalue weighted by molar-refractivity contribution is 5.76. The standard InChI is InChI=1S/C14H12FNO/c1-11-13(15)8-5-9-14(11)16(17)10-12-6-3-2-4-7-12/h2-10H,1H3. The first-order valence-electron chi connectivity index (χ1n) is 5.30. The summed E-state index contributed by atoms with van der Waals surface area (Å²) in [7, 11) is 0. The van der Waals surface area contributed by atoms with Gasteiger partial charge in [-0.3, -0.25) is 0 Å². The molecule has 86 valence electrons. The van der Waals surface area contributed by atoms with Crippen molar-refractivity contribution in [2.45, 2.75) is 6.92 Å². The second-order valence-corrected chi connectivity index (χ2v) is 3.75. The fourth-order valence-corrected chi connectivity index (χ4v) is 1.58. The van der Waals surface area contributed by atoms with Crippen molar-refractivity contribution in [3.8, 4) is 0 Å². The molecule has 0 heterocycles. The van der Waals surface area contributed by atoms with Gasteiger partial charge in [-0.1, -0.05) is 24.3 Å². The summed E-state index contributed by atoms with van der Waals surface area (Å²) in [5, 5.41) is 11.9. The van der Waals surface area contributed by atoms with Gasteiger partial charge in [0, 0.05) is 11.6 Å². The summed E-state index contributed by atoms with van der Waals surface area (Å²) in [6, 6.07) is 13.7. The molecule has 3 heteroatoms. The van der Waals surface area contributed by atoms with Crippen LogP contribution in [0.5, 0.6) is 0 Å². The Balaban J connectivity index is 2.41. The van der Waals surface area contributed by atoms with Gasteiger partial charge in [0.15, 0.2) is 6.21 Å². The van der Waals surface area contributed by atoms with Gasteiger partial charge in [-0.25, -0.2) is 4.39 Å². The van der Waals surface area contributed by atoms with Crippen LogP contribution >= 0.6 is 0 Å². The second kappa shape index (κ2) is 4.78. The first-order valence-corrected chi connectivity index (χ1v) is 5.30. The quantitative estimate of drug-likeness (QED) is 0.335. The fourth-order valence-electron chi connectivity index (χ4n) is 1.58. The number of hydrogen-bond acceptors (Lipinski definition) is 1. The Morgan fingerprint density at radius 2 is 1.76 bits per heavy atom. The molecule has 0 bridgehead atoms. The van der Waals surface area contributed by atoms with Gasteiger partial charge < -0.3 is 5.21 Å². The Bertz CT molecular complexity index is 549. The maximum atomic E-state index is 13.3. The summed E-state index contributed by atoms with van der Waals surface area (Å²) in [5.41, 5.74) is 1.47. The van der Waals surface area contributed by atoms with E-state index in [0.29, 0.717) is 16.0 Å². The highest BCUT2D eigenvalue weighted by Crippen LogP contribution is 2.19. The van der Waals surface area contributed by atoms with Gasteiger partial charge in [0.25, 0.3) is 0 Å². The van der Waals surface area contributed by atoms with Crippen LogP contribution < -0.4 is 0 Å². The van der Waals surface area contributed by atoms with Gasteiger partial charge >= 0.3 is 0 Å². The molecule has 0 saturated heterocycles. The molecular weight excluding hydrogens is 217 g/mol. The summed E-state index contributed by atoms with van der Waals surface area (Å²) < 4.78 is 14.0. The van der Waals surface area contributed by atoms with E-state index in [1.165, 1.54) is 18.3 Å². The molecular formula is C14H12FNO. The van der Waals surface area contributed by atoms with Crippen molar-refractivity contribution in [1.29, 1.82) is 0 Å². The minimum Gasteiger partial charge on any atom is -0.618 e. The van der Waals surface area contributed by atoms with E-state index in [4.69, 9.17) is 0 Å². The van der Waals surface area contributed by atoms with Gasteiger partial charge in [-0.2, -0.15) is 4.74 Å². The predicted octanol–water partition coefficient (Wildman–Crippen LogP) is 3.40. The van der Waals surface area contributed by atoms with Crippen LogP contribution in [0.3, 0.4) is 0 Å². The van der Waals surface area contributed by atoms with Crippen LogP contribution in [0.1, 0.15) is 11.1 Å². The third-order valence-electron chi connectivity index (χ3n) is 2.54. The highest BCUT2D eigenvalue weighted by atomic mass is 19.1. The smallest absolute Gasteiger partial charge is 0.222 e. The minimum absolute atomic E-state index is 0.328. The fraction of sp³-hybridized carbons (Fsp3) is 0.0714. The lowest BCUT2D eigenvalue weighted by Gasteiger charge is -2.06. The number of rotatable bonds is 2. The van der Waals surface area contributed by atoms with Crippen LogP contribution in [0.25, 0.3) is 0 Å². The summed E-state index contributed by atoms with van der Waals surface area (Å²) in [6.07, 6.45) is 1.43. The molecule has 0 unspecified atom stereocenters. The Kier molecular flexibility index (Phi) is 3.19. The monoisotopic (exact) mass is 229 g/mol. The van der Waals surface area contributed by atoms with Crippen LogP contribution in [-0.2, 0) is 0 Å². The van der Waals surface area contributed by atoms with Gasteiger partial charge in [-0.05, 0) is 25.1 Å². The molecule has 0 fully saturated rings. The molecule has 0 atom stereocenters. The Morgan fingerprint density at radius 1 is 1.06 bits per heavy atom. The zero-order valence-corrected chi connectivity index (χ0v) is 9.43. The molecule has 17 heavy (non-hydrogen) atoms. The molecule has 2 rings (SSSR count). The predicted molar refractivity (Wildman–Crippen MR) is 66.0 cm³/mol. The van der Waals surface area contributed by atoms with E-state index >= 15 is 0 Å². The van der Waals surface area contributed by atoms with Gasteiger partial charge in [-0.15, -0.1) is 0 Å². The molecule has 0 radical (unpaired) electrons. The van der Waals surface area contributed by atoms with Crippen molar-refractivity contribution in [1.82, 2.24) is 0 Å². The van der Waals surface area contributed by atoms with E-state index in [2.05, 4.69) is 0 Å². The molecule has 0 aliphatic heterocycles. The zero-order chi connectivity index (χ0) is 12.3. The van der Waals surface area contributed by atoms with Crippen LogP contribution in [-0.4, -0.2) is 11.0 Å². The third kappa shape index (κ3) is 2.50. The Morgan fingerprint density at radius 3 is 2.47 bits per heavy atom. The largest absolute Gasteiger partial charge is 0.618 e. The molecule has 0 N–H and O–H groups in total. The molecule has 0 aliphatic rings. The molecule has 2 aromatic carbocycles. The van der Waals surface area contributed by atoms with E-state index in [0.717, 1.165) is 5.56 Å². The van der Waals surface area contributed by atoms with Crippen molar-refractivity contribution in [3.63, 3.8) is 0 Å². The Hall–Kier alpha value is -2.16. The molecule has 0 aromatic heterocycles. The van der Waals surface area contributed by atoms with Gasteiger partial charge in [0.2, 0.25) is 5.69 Å². The lowest BCUT2D eigenvalue weighted by molar-refractivity contribution is -0.355. The molecule has 0 aliphatic carbocycles. The van der Waals surface area contributed by atoms with Gasteiger partial charge in [0.1, 0.15) is 5.82 Å². The topological polar surface area (TPSA) is 26.1 Å². The average Bonchev–Trinajstić information content (AvgIpc) is 2.34. The van der Waals surface area contributed by atoms with E-state index in [-0.39, 0.29) is 5.82 Å². The minimum atomic E-state index is -0.371. The lowest BCUT2D eigenvalue weighted by atomic mass is 10.2. The van der Waals surface area contributed by atoms with Crippen molar-refractivity contribution in [2.75, 3.05) is 0 Å². The summed E-state index contributed by atoms with van der Waals surface area (Å²) >= 11 is 0.